The lowest BCUT2D eigenvalue weighted by Gasteiger charge is -2.39. The Bertz CT molecular complexity index is 407. The molecule has 0 aromatic heterocycles. The Kier molecular flexibility index (Phi) is 3.39. The standard InChI is InChI=1S/C15H21NOS/c1-15(2)11-16(7-8-17-15)10-13-9-12-5-3-4-6-14(12)18-13/h3-6,13H,7-11H2,1-2H3. The Morgan fingerprint density at radius 3 is 3.00 bits per heavy atom. The van der Waals surface area contributed by atoms with Crippen LogP contribution < -0.4 is 0 Å². The first-order valence-electron chi connectivity index (χ1n) is 6.73. The smallest absolute Gasteiger partial charge is 0.0753 e. The van der Waals surface area contributed by atoms with Gasteiger partial charge in [-0.1, -0.05) is 18.2 Å². The third-order valence-corrected chi connectivity index (χ3v) is 4.98. The van der Waals surface area contributed by atoms with Gasteiger partial charge in [0.25, 0.3) is 0 Å². The Balaban J connectivity index is 1.59. The highest BCUT2D eigenvalue weighted by atomic mass is 32.2. The van der Waals surface area contributed by atoms with Gasteiger partial charge in [0.15, 0.2) is 0 Å². The molecular formula is C15H21NOS. The predicted molar refractivity (Wildman–Crippen MR) is 76.3 cm³/mol. The predicted octanol–water partition coefficient (Wildman–Crippen LogP) is 2.81. The Morgan fingerprint density at radius 1 is 1.39 bits per heavy atom. The second-order valence-corrected chi connectivity index (χ2v) is 7.24. The zero-order valence-corrected chi connectivity index (χ0v) is 12.0. The molecule has 3 heteroatoms. The number of nitrogens with zero attached hydrogens (tertiary/aromatic N) is 1. The first-order chi connectivity index (χ1) is 8.62. The van der Waals surface area contributed by atoms with Crippen LogP contribution in [0.1, 0.15) is 19.4 Å². The molecule has 2 aliphatic rings. The van der Waals surface area contributed by atoms with Crippen LogP contribution in [0, 0.1) is 0 Å². The van der Waals surface area contributed by atoms with E-state index in [9.17, 15) is 0 Å². The van der Waals surface area contributed by atoms with Crippen molar-refractivity contribution in [3.63, 3.8) is 0 Å². The maximum atomic E-state index is 5.77. The first-order valence-corrected chi connectivity index (χ1v) is 7.61. The van der Waals surface area contributed by atoms with Crippen LogP contribution in [0.3, 0.4) is 0 Å². The molecule has 0 radical (unpaired) electrons. The summed E-state index contributed by atoms with van der Waals surface area (Å²) in [6.45, 7) is 8.58. The highest BCUT2D eigenvalue weighted by Crippen LogP contribution is 2.37. The number of thioether (sulfide) groups is 1. The maximum absolute atomic E-state index is 5.77. The monoisotopic (exact) mass is 263 g/mol. The Morgan fingerprint density at radius 2 is 2.22 bits per heavy atom. The summed E-state index contributed by atoms with van der Waals surface area (Å²) in [6, 6.07) is 8.82. The van der Waals surface area contributed by atoms with Crippen molar-refractivity contribution in [2.24, 2.45) is 0 Å². The number of fused-ring (bicyclic) bond motifs is 1. The van der Waals surface area contributed by atoms with E-state index < -0.39 is 0 Å². The van der Waals surface area contributed by atoms with Gasteiger partial charge in [-0.05, 0) is 31.9 Å². The molecule has 2 aliphatic heterocycles. The Hall–Kier alpha value is -0.510. The molecule has 0 aliphatic carbocycles. The van der Waals surface area contributed by atoms with Crippen LogP contribution >= 0.6 is 11.8 Å². The van der Waals surface area contributed by atoms with Gasteiger partial charge in [0.05, 0.1) is 12.2 Å². The van der Waals surface area contributed by atoms with Gasteiger partial charge in [0, 0.05) is 29.8 Å². The molecule has 1 saturated heterocycles. The van der Waals surface area contributed by atoms with Crippen molar-refractivity contribution in [1.82, 2.24) is 4.90 Å². The van der Waals surface area contributed by atoms with Crippen LogP contribution in [-0.2, 0) is 11.2 Å². The number of hydrogen-bond donors (Lipinski definition) is 0. The quantitative estimate of drug-likeness (QED) is 0.814. The van der Waals surface area contributed by atoms with Crippen LogP contribution in [0.5, 0.6) is 0 Å². The second kappa shape index (κ2) is 4.87. The minimum absolute atomic E-state index is 0.0222. The van der Waals surface area contributed by atoms with Gasteiger partial charge < -0.3 is 4.74 Å². The molecule has 0 amide bonds. The van der Waals surface area contributed by atoms with Gasteiger partial charge in [-0.3, -0.25) is 4.90 Å². The second-order valence-electron chi connectivity index (χ2n) is 5.89. The fourth-order valence-electron chi connectivity index (χ4n) is 2.91. The SMILES string of the molecule is CC1(C)CN(CC2Cc3ccccc3S2)CCO1. The molecule has 18 heavy (non-hydrogen) atoms. The maximum Gasteiger partial charge on any atom is 0.0753 e. The zero-order chi connectivity index (χ0) is 12.6. The molecule has 1 unspecified atom stereocenters. The highest BCUT2D eigenvalue weighted by molar-refractivity contribution is 8.00. The lowest BCUT2D eigenvalue weighted by Crippen LogP contribution is -2.49. The topological polar surface area (TPSA) is 12.5 Å². The molecule has 1 fully saturated rings. The normalized spacial score (nSPS) is 27.1. The van der Waals surface area contributed by atoms with Gasteiger partial charge in [-0.25, -0.2) is 0 Å². The van der Waals surface area contributed by atoms with Crippen LogP contribution in [0.25, 0.3) is 0 Å². The Labute approximate surface area is 114 Å². The number of morpholine rings is 1. The van der Waals surface area contributed by atoms with E-state index in [0.29, 0.717) is 0 Å². The minimum Gasteiger partial charge on any atom is -0.373 e. The van der Waals surface area contributed by atoms with Crippen LogP contribution in [0.15, 0.2) is 29.2 Å². The van der Waals surface area contributed by atoms with E-state index in [2.05, 4.69) is 43.0 Å². The van der Waals surface area contributed by atoms with Crippen molar-refractivity contribution in [1.29, 1.82) is 0 Å². The average Bonchev–Trinajstić information content (AvgIpc) is 2.69. The van der Waals surface area contributed by atoms with E-state index in [1.807, 2.05) is 11.8 Å². The molecule has 0 saturated carbocycles. The third-order valence-electron chi connectivity index (χ3n) is 3.68. The van der Waals surface area contributed by atoms with Crippen molar-refractivity contribution in [3.8, 4) is 0 Å². The number of rotatable bonds is 2. The first kappa shape index (κ1) is 12.5. The van der Waals surface area contributed by atoms with Gasteiger partial charge in [-0.15, -0.1) is 11.8 Å². The van der Waals surface area contributed by atoms with Crippen molar-refractivity contribution in [2.45, 2.75) is 36.0 Å². The van der Waals surface area contributed by atoms with Crippen LogP contribution in [0.4, 0.5) is 0 Å². The van der Waals surface area contributed by atoms with Crippen molar-refractivity contribution in [3.05, 3.63) is 29.8 Å². The number of benzene rings is 1. The number of hydrogen-bond acceptors (Lipinski definition) is 3. The molecule has 98 valence electrons. The average molecular weight is 263 g/mol. The third kappa shape index (κ3) is 2.73. The summed E-state index contributed by atoms with van der Waals surface area (Å²) >= 11 is 2.05. The molecule has 3 rings (SSSR count). The van der Waals surface area contributed by atoms with Gasteiger partial charge in [-0.2, -0.15) is 0 Å². The summed E-state index contributed by atoms with van der Waals surface area (Å²) in [5.74, 6) is 0. The highest BCUT2D eigenvalue weighted by Gasteiger charge is 2.30. The molecular weight excluding hydrogens is 242 g/mol. The summed E-state index contributed by atoms with van der Waals surface area (Å²) in [7, 11) is 0. The summed E-state index contributed by atoms with van der Waals surface area (Å²) in [4.78, 5) is 4.04. The van der Waals surface area contributed by atoms with E-state index in [1.165, 1.54) is 23.4 Å². The lowest BCUT2D eigenvalue weighted by molar-refractivity contribution is -0.0855. The summed E-state index contributed by atoms with van der Waals surface area (Å²) < 4.78 is 5.77. The van der Waals surface area contributed by atoms with Gasteiger partial charge in [0.2, 0.25) is 0 Å². The molecule has 0 bridgehead atoms. The zero-order valence-electron chi connectivity index (χ0n) is 11.2. The molecule has 2 heterocycles. The van der Waals surface area contributed by atoms with Crippen LogP contribution in [0.2, 0.25) is 0 Å². The van der Waals surface area contributed by atoms with Gasteiger partial charge in [0.1, 0.15) is 0 Å². The molecule has 1 atom stereocenters. The van der Waals surface area contributed by atoms with Crippen molar-refractivity contribution >= 4 is 11.8 Å². The lowest BCUT2D eigenvalue weighted by atomic mass is 10.1. The minimum atomic E-state index is 0.0222. The molecule has 1 aromatic carbocycles. The van der Waals surface area contributed by atoms with E-state index in [1.54, 1.807) is 0 Å². The van der Waals surface area contributed by atoms with E-state index in [0.717, 1.165) is 24.9 Å². The molecule has 1 aromatic rings. The molecule has 0 N–H and O–H groups in total. The van der Waals surface area contributed by atoms with Crippen molar-refractivity contribution in [2.75, 3.05) is 26.2 Å². The van der Waals surface area contributed by atoms with Crippen LogP contribution in [-0.4, -0.2) is 42.0 Å². The fraction of sp³-hybridized carbons (Fsp3) is 0.600. The molecule has 0 spiro atoms. The van der Waals surface area contributed by atoms with Crippen molar-refractivity contribution < 1.29 is 4.74 Å². The van der Waals surface area contributed by atoms with Gasteiger partial charge >= 0.3 is 0 Å². The fourth-order valence-corrected chi connectivity index (χ4v) is 4.28. The molecule has 2 nitrogen and oxygen atoms in total. The number of ether oxygens (including phenoxy) is 1. The largest absolute Gasteiger partial charge is 0.373 e. The van der Waals surface area contributed by atoms with E-state index in [4.69, 9.17) is 4.74 Å². The van der Waals surface area contributed by atoms with E-state index >= 15 is 0 Å². The van der Waals surface area contributed by atoms with E-state index in [-0.39, 0.29) is 5.60 Å². The summed E-state index contributed by atoms with van der Waals surface area (Å²) in [5.41, 5.74) is 1.55. The summed E-state index contributed by atoms with van der Waals surface area (Å²) in [6.07, 6.45) is 1.22. The summed E-state index contributed by atoms with van der Waals surface area (Å²) in [5, 5.41) is 0.719.